The maximum Gasteiger partial charge on any atom is 0.319 e. The number of nitrogens with zero attached hydrogens (tertiary/aromatic N) is 4. The molecule has 1 saturated heterocycles. The Morgan fingerprint density at radius 2 is 1.84 bits per heavy atom. The average Bonchev–Trinajstić information content (AvgIpc) is 3.38. The molecule has 2 fully saturated rings. The summed E-state index contributed by atoms with van der Waals surface area (Å²) in [6, 6.07) is 7.69. The van der Waals surface area contributed by atoms with Crippen molar-refractivity contribution < 1.29 is 14.3 Å². The van der Waals surface area contributed by atoms with Crippen molar-refractivity contribution in [3.05, 3.63) is 47.6 Å². The van der Waals surface area contributed by atoms with E-state index < -0.39 is 0 Å². The summed E-state index contributed by atoms with van der Waals surface area (Å²) in [5.74, 6) is 0.412. The molecule has 3 aromatic rings. The molecule has 38 heavy (non-hydrogen) atoms. The number of hydrogen-bond acceptors (Lipinski definition) is 7. The molecule has 0 unspecified atom stereocenters. The predicted molar refractivity (Wildman–Crippen MR) is 150 cm³/mol. The van der Waals surface area contributed by atoms with Crippen LogP contribution in [0.25, 0.3) is 21.8 Å². The predicted octanol–water partition coefficient (Wildman–Crippen LogP) is 4.72. The molecule has 0 bridgehead atoms. The van der Waals surface area contributed by atoms with Crippen molar-refractivity contribution in [1.82, 2.24) is 25.1 Å². The summed E-state index contributed by atoms with van der Waals surface area (Å²) in [5.41, 5.74) is 3.09. The summed E-state index contributed by atoms with van der Waals surface area (Å²) < 4.78 is 5.67. The van der Waals surface area contributed by atoms with E-state index in [1.165, 1.54) is 11.3 Å². The number of anilines is 1. The lowest BCUT2D eigenvalue weighted by atomic mass is 9.93. The number of methoxy groups -OCH3 is 1. The maximum absolute atomic E-state index is 13.9. The van der Waals surface area contributed by atoms with Crippen LogP contribution in [0.5, 0.6) is 5.75 Å². The number of amides is 3. The molecule has 1 aromatic carbocycles. The van der Waals surface area contributed by atoms with Crippen LogP contribution in [0, 0.1) is 0 Å². The molecule has 2 aliphatic rings. The van der Waals surface area contributed by atoms with Crippen molar-refractivity contribution in [2.75, 3.05) is 39.6 Å². The number of urea groups is 1. The van der Waals surface area contributed by atoms with Gasteiger partial charge in [-0.25, -0.2) is 4.79 Å². The standard InChI is InChI=1S/C28H34N6O3S/c1-33-14-10-20(11-15-33)34(2)27(35)24-21(8-5-9-22(24)37-3)25-26(30-13-12-29-25)23-16-19(17-38-23)32-28(36)31-18-6-4-7-18/h5,8-9,12-13,16-18,20H,4,6-7,10-11,14-15H2,1-3H3,(H2,31,32,36). The molecule has 2 N–H and O–H groups in total. The number of benzene rings is 1. The average molecular weight is 535 g/mol. The van der Waals surface area contributed by atoms with Crippen LogP contribution in [0.4, 0.5) is 10.5 Å². The summed E-state index contributed by atoms with van der Waals surface area (Å²) in [5, 5.41) is 7.80. The number of likely N-dealkylation sites (tertiary alicyclic amines) is 1. The minimum absolute atomic E-state index is 0.0928. The second kappa shape index (κ2) is 11.5. The molecule has 9 nitrogen and oxygen atoms in total. The van der Waals surface area contributed by atoms with E-state index in [4.69, 9.17) is 4.74 Å². The third-order valence-corrected chi connectivity index (χ3v) is 8.44. The van der Waals surface area contributed by atoms with Gasteiger partial charge in [-0.15, -0.1) is 11.3 Å². The zero-order chi connectivity index (χ0) is 26.6. The normalized spacial score (nSPS) is 16.5. The lowest BCUT2D eigenvalue weighted by Crippen LogP contribution is -2.44. The summed E-state index contributed by atoms with van der Waals surface area (Å²) in [7, 11) is 5.56. The van der Waals surface area contributed by atoms with Gasteiger partial charge >= 0.3 is 6.03 Å². The highest BCUT2D eigenvalue weighted by Gasteiger charge is 2.30. The third kappa shape index (κ3) is 5.51. The van der Waals surface area contributed by atoms with Gasteiger partial charge < -0.3 is 25.2 Å². The molecular weight excluding hydrogens is 500 g/mol. The van der Waals surface area contributed by atoms with Gasteiger partial charge in [0.15, 0.2) is 0 Å². The Balaban J connectivity index is 1.45. The van der Waals surface area contributed by atoms with E-state index in [1.54, 1.807) is 19.5 Å². The van der Waals surface area contributed by atoms with Crippen LogP contribution in [-0.4, -0.2) is 78.1 Å². The van der Waals surface area contributed by atoms with Crippen LogP contribution in [0.1, 0.15) is 42.5 Å². The van der Waals surface area contributed by atoms with E-state index in [-0.39, 0.29) is 24.0 Å². The van der Waals surface area contributed by atoms with Crippen LogP contribution in [0.15, 0.2) is 42.0 Å². The summed E-state index contributed by atoms with van der Waals surface area (Å²) >= 11 is 1.47. The zero-order valence-corrected chi connectivity index (χ0v) is 22.9. The van der Waals surface area contributed by atoms with E-state index >= 15 is 0 Å². The van der Waals surface area contributed by atoms with Crippen molar-refractivity contribution >= 4 is 29.0 Å². The Morgan fingerprint density at radius 3 is 2.53 bits per heavy atom. The van der Waals surface area contributed by atoms with E-state index in [1.807, 2.05) is 41.6 Å². The van der Waals surface area contributed by atoms with Crippen molar-refractivity contribution in [2.45, 2.75) is 44.2 Å². The molecule has 1 aliphatic carbocycles. The first kappa shape index (κ1) is 26.1. The number of ether oxygens (including phenoxy) is 1. The van der Waals surface area contributed by atoms with Crippen LogP contribution in [0.3, 0.4) is 0 Å². The first-order valence-corrected chi connectivity index (χ1v) is 13.9. The van der Waals surface area contributed by atoms with E-state index in [9.17, 15) is 9.59 Å². The van der Waals surface area contributed by atoms with Crippen LogP contribution < -0.4 is 15.4 Å². The highest BCUT2D eigenvalue weighted by molar-refractivity contribution is 7.14. The molecule has 1 aliphatic heterocycles. The van der Waals surface area contributed by atoms with Gasteiger partial charge in [0, 0.05) is 42.5 Å². The molecule has 3 heterocycles. The summed E-state index contributed by atoms with van der Waals surface area (Å²) in [6.45, 7) is 1.92. The van der Waals surface area contributed by atoms with E-state index in [0.717, 1.165) is 50.1 Å². The number of thiophene rings is 1. The number of rotatable bonds is 7. The lowest BCUT2D eigenvalue weighted by Gasteiger charge is -2.35. The Labute approximate surface area is 227 Å². The molecular formula is C28H34N6O3S. The SMILES string of the molecule is COc1cccc(-c2nccnc2-c2cc(NC(=O)NC3CCC3)cs2)c1C(=O)N(C)C1CCN(C)CC1. The molecule has 2 aromatic heterocycles. The van der Waals surface area contributed by atoms with Gasteiger partial charge in [-0.3, -0.25) is 14.8 Å². The number of aromatic nitrogens is 2. The monoisotopic (exact) mass is 534 g/mol. The topological polar surface area (TPSA) is 99.7 Å². The van der Waals surface area contributed by atoms with Crippen LogP contribution in [0.2, 0.25) is 0 Å². The Kier molecular flexibility index (Phi) is 7.90. The number of piperidine rings is 1. The number of hydrogen-bond donors (Lipinski definition) is 2. The van der Waals surface area contributed by atoms with Crippen molar-refractivity contribution in [3.8, 4) is 27.6 Å². The fourth-order valence-corrected chi connectivity index (χ4v) is 5.83. The molecule has 3 amide bonds. The van der Waals surface area contributed by atoms with Crippen molar-refractivity contribution in [3.63, 3.8) is 0 Å². The number of nitrogens with one attached hydrogen (secondary N) is 2. The van der Waals surface area contributed by atoms with Gasteiger partial charge in [-0.2, -0.15) is 0 Å². The summed E-state index contributed by atoms with van der Waals surface area (Å²) in [4.78, 5) is 40.5. The first-order chi connectivity index (χ1) is 18.4. The van der Waals surface area contributed by atoms with Gasteiger partial charge in [0.05, 0.1) is 28.9 Å². The minimum Gasteiger partial charge on any atom is -0.496 e. The molecule has 1 saturated carbocycles. The molecule has 10 heteroatoms. The maximum atomic E-state index is 13.9. The zero-order valence-electron chi connectivity index (χ0n) is 22.1. The summed E-state index contributed by atoms with van der Waals surface area (Å²) in [6.07, 6.45) is 8.34. The van der Waals surface area contributed by atoms with Crippen LogP contribution in [-0.2, 0) is 0 Å². The fourth-order valence-electron chi connectivity index (χ4n) is 4.99. The fraction of sp³-hybridized carbons (Fsp3) is 0.429. The van der Waals surface area contributed by atoms with Gasteiger partial charge in [0.1, 0.15) is 11.4 Å². The number of carbonyl (C=O) groups is 2. The van der Waals surface area contributed by atoms with Gasteiger partial charge in [-0.05, 0) is 64.4 Å². The Bertz CT molecular complexity index is 1300. The molecule has 200 valence electrons. The Morgan fingerprint density at radius 1 is 1.11 bits per heavy atom. The van der Waals surface area contributed by atoms with Crippen LogP contribution >= 0.6 is 11.3 Å². The van der Waals surface area contributed by atoms with Gasteiger partial charge in [-0.1, -0.05) is 12.1 Å². The second-order valence-corrected chi connectivity index (χ2v) is 10.9. The molecule has 5 rings (SSSR count). The quantitative estimate of drug-likeness (QED) is 0.455. The lowest BCUT2D eigenvalue weighted by molar-refractivity contribution is 0.0657. The van der Waals surface area contributed by atoms with E-state index in [2.05, 4.69) is 32.5 Å². The van der Waals surface area contributed by atoms with Crippen molar-refractivity contribution in [2.24, 2.45) is 0 Å². The first-order valence-electron chi connectivity index (χ1n) is 13.0. The number of carbonyl (C=O) groups excluding carboxylic acids is 2. The van der Waals surface area contributed by atoms with Gasteiger partial charge in [0.25, 0.3) is 5.91 Å². The second-order valence-electron chi connectivity index (χ2n) is 10.0. The molecule has 0 spiro atoms. The van der Waals surface area contributed by atoms with Gasteiger partial charge in [0.2, 0.25) is 0 Å². The molecule has 0 radical (unpaired) electrons. The smallest absolute Gasteiger partial charge is 0.319 e. The highest BCUT2D eigenvalue weighted by atomic mass is 32.1. The highest BCUT2D eigenvalue weighted by Crippen LogP contribution is 2.38. The minimum atomic E-state index is -0.198. The third-order valence-electron chi connectivity index (χ3n) is 7.50. The largest absolute Gasteiger partial charge is 0.496 e. The Hall–Kier alpha value is -3.50. The van der Waals surface area contributed by atoms with Crippen molar-refractivity contribution in [1.29, 1.82) is 0 Å². The molecule has 0 atom stereocenters. The van der Waals surface area contributed by atoms with E-state index in [0.29, 0.717) is 34.0 Å².